The molecule has 0 radical (unpaired) electrons. The molecule has 2 aromatic carbocycles. The lowest BCUT2D eigenvalue weighted by atomic mass is 9.92. The highest BCUT2D eigenvalue weighted by molar-refractivity contribution is 6.51. The van der Waals surface area contributed by atoms with Gasteiger partial charge in [0, 0.05) is 17.5 Å². The van der Waals surface area contributed by atoms with Crippen molar-refractivity contribution >= 4 is 69.8 Å². The minimum atomic E-state index is -2.88. The predicted molar refractivity (Wildman–Crippen MR) is 113 cm³/mol. The van der Waals surface area contributed by atoms with E-state index in [-0.39, 0.29) is 32.8 Å². The Morgan fingerprint density at radius 2 is 1.79 bits per heavy atom. The van der Waals surface area contributed by atoms with Gasteiger partial charge in [-0.25, -0.2) is 4.39 Å². The first-order valence-corrected chi connectivity index (χ1v) is 10.5. The summed E-state index contributed by atoms with van der Waals surface area (Å²) in [5, 5.41) is -0.662. The summed E-state index contributed by atoms with van der Waals surface area (Å²) in [5.74, 6) is -1.77. The second-order valence-corrected chi connectivity index (χ2v) is 8.94. The minimum Gasteiger partial charge on any atom is -0.456 e. The predicted octanol–water partition coefficient (Wildman–Crippen LogP) is 7.57. The third-order valence-electron chi connectivity index (χ3n) is 4.64. The van der Waals surface area contributed by atoms with Crippen LogP contribution in [0.15, 0.2) is 30.3 Å². The molecule has 0 spiro atoms. The van der Waals surface area contributed by atoms with E-state index in [4.69, 9.17) is 62.7 Å². The SMILES string of the molecule is CCCC(=O)OC1c2ccccc2C(=O)C1c1cc(Cl)c(C(F)(Cl)Cl)c(Cl)c1Cl. The van der Waals surface area contributed by atoms with Crippen molar-refractivity contribution in [3.05, 3.63) is 67.7 Å². The molecule has 2 unspecified atom stereocenters. The Morgan fingerprint density at radius 1 is 1.14 bits per heavy atom. The Balaban J connectivity index is 2.16. The molecule has 0 saturated carbocycles. The number of ketones is 1. The molecule has 154 valence electrons. The molecule has 0 N–H and O–H groups in total. The molecule has 0 heterocycles. The Hall–Kier alpha value is -1.04. The normalized spacial score (nSPS) is 18.7. The molecule has 1 aliphatic rings. The topological polar surface area (TPSA) is 43.4 Å². The maximum atomic E-state index is 14.1. The van der Waals surface area contributed by atoms with Crippen molar-refractivity contribution < 1.29 is 18.7 Å². The number of hydrogen-bond acceptors (Lipinski definition) is 3. The van der Waals surface area contributed by atoms with Crippen molar-refractivity contribution in [1.29, 1.82) is 0 Å². The number of fused-ring (bicyclic) bond motifs is 1. The fraction of sp³-hybridized carbons (Fsp3) is 0.300. The summed E-state index contributed by atoms with van der Waals surface area (Å²) in [7, 11) is 0. The third kappa shape index (κ3) is 4.24. The van der Waals surface area contributed by atoms with Gasteiger partial charge in [0.1, 0.15) is 6.10 Å². The number of carbonyl (C=O) groups excluding carboxylic acids is 2. The van der Waals surface area contributed by atoms with Gasteiger partial charge in [-0.05, 0) is 18.1 Å². The Bertz CT molecular complexity index is 987. The first-order chi connectivity index (χ1) is 13.6. The molecule has 9 heteroatoms. The monoisotopic (exact) mass is 496 g/mol. The molecule has 0 aliphatic heterocycles. The van der Waals surface area contributed by atoms with Crippen LogP contribution in [0.25, 0.3) is 0 Å². The number of benzene rings is 2. The standard InChI is InChI=1S/C20H14Cl5FO3/c1-2-5-13(27)29-19-10-7-4-3-6-9(10)18(28)14(19)11-8-12(21)15(20(24,25)26)17(23)16(11)22/h3-4,6-8,14,19H,2,5H2,1H3. The number of rotatable bonds is 5. The Labute approximate surface area is 192 Å². The zero-order valence-electron chi connectivity index (χ0n) is 14.9. The summed E-state index contributed by atoms with van der Waals surface area (Å²) < 4.78 is 16.9. The first kappa shape index (κ1) is 22.6. The van der Waals surface area contributed by atoms with E-state index in [0.29, 0.717) is 17.5 Å². The molecule has 0 amide bonds. The quantitative estimate of drug-likeness (QED) is 0.243. The van der Waals surface area contributed by atoms with Gasteiger partial charge in [-0.15, -0.1) is 0 Å². The van der Waals surface area contributed by atoms with E-state index in [1.807, 2.05) is 6.92 Å². The van der Waals surface area contributed by atoms with Crippen LogP contribution in [-0.4, -0.2) is 11.8 Å². The molecule has 0 bridgehead atoms. The van der Waals surface area contributed by atoms with Crippen molar-refractivity contribution in [3.63, 3.8) is 0 Å². The number of hydrogen-bond donors (Lipinski definition) is 0. The highest BCUT2D eigenvalue weighted by Gasteiger charge is 2.45. The average Bonchev–Trinajstić information content (AvgIpc) is 2.90. The molecule has 3 nitrogen and oxygen atoms in total. The summed E-state index contributed by atoms with van der Waals surface area (Å²) in [5.41, 5.74) is 0.724. The van der Waals surface area contributed by atoms with Crippen LogP contribution in [-0.2, 0) is 14.1 Å². The summed E-state index contributed by atoms with van der Waals surface area (Å²) >= 11 is 29.7. The first-order valence-electron chi connectivity index (χ1n) is 8.65. The fourth-order valence-electron chi connectivity index (χ4n) is 3.39. The van der Waals surface area contributed by atoms with Crippen LogP contribution in [0.4, 0.5) is 4.39 Å². The van der Waals surface area contributed by atoms with E-state index in [2.05, 4.69) is 0 Å². The summed E-state index contributed by atoms with van der Waals surface area (Å²) in [6.45, 7) is 1.84. The van der Waals surface area contributed by atoms with E-state index in [1.165, 1.54) is 6.07 Å². The highest BCUT2D eigenvalue weighted by Crippen LogP contribution is 2.52. The van der Waals surface area contributed by atoms with E-state index >= 15 is 0 Å². The van der Waals surface area contributed by atoms with Gasteiger partial charge in [0.2, 0.25) is 0 Å². The molecule has 1 aliphatic carbocycles. The van der Waals surface area contributed by atoms with Crippen LogP contribution in [0.1, 0.15) is 58.8 Å². The summed E-state index contributed by atoms with van der Waals surface area (Å²) in [6.07, 6.45) is -0.144. The van der Waals surface area contributed by atoms with Crippen LogP contribution in [0.2, 0.25) is 15.1 Å². The summed E-state index contributed by atoms with van der Waals surface area (Å²) in [6, 6.07) is 8.05. The van der Waals surface area contributed by atoms with Crippen molar-refractivity contribution in [3.8, 4) is 0 Å². The number of halogens is 6. The van der Waals surface area contributed by atoms with Crippen molar-refractivity contribution in [2.24, 2.45) is 0 Å². The number of ether oxygens (including phenoxy) is 1. The number of alkyl halides is 3. The largest absolute Gasteiger partial charge is 0.456 e. The lowest BCUT2D eigenvalue weighted by Gasteiger charge is -2.24. The average molecular weight is 499 g/mol. The van der Waals surface area contributed by atoms with E-state index in [0.717, 1.165) is 0 Å². The van der Waals surface area contributed by atoms with E-state index in [9.17, 15) is 14.0 Å². The van der Waals surface area contributed by atoms with Gasteiger partial charge in [-0.2, -0.15) is 0 Å². The number of Topliss-reactive ketones (excluding diaryl/α,β-unsaturated/α-hetero) is 1. The van der Waals surface area contributed by atoms with Crippen LogP contribution in [0.5, 0.6) is 0 Å². The molecule has 0 fully saturated rings. The molecule has 29 heavy (non-hydrogen) atoms. The highest BCUT2D eigenvalue weighted by atomic mass is 35.5. The summed E-state index contributed by atoms with van der Waals surface area (Å²) in [4.78, 5) is 25.3. The van der Waals surface area contributed by atoms with Crippen LogP contribution in [0.3, 0.4) is 0 Å². The maximum Gasteiger partial charge on any atom is 0.306 e. The lowest BCUT2D eigenvalue weighted by molar-refractivity contribution is -0.149. The molecule has 0 saturated heterocycles. The zero-order chi connectivity index (χ0) is 21.5. The van der Waals surface area contributed by atoms with Gasteiger partial charge in [-0.3, -0.25) is 9.59 Å². The number of carbonyl (C=O) groups is 2. The van der Waals surface area contributed by atoms with Crippen molar-refractivity contribution in [2.45, 2.75) is 36.4 Å². The molecule has 0 aromatic heterocycles. The van der Waals surface area contributed by atoms with Gasteiger partial charge < -0.3 is 4.74 Å². The number of esters is 1. The van der Waals surface area contributed by atoms with Gasteiger partial charge >= 0.3 is 5.97 Å². The Morgan fingerprint density at radius 3 is 2.41 bits per heavy atom. The smallest absolute Gasteiger partial charge is 0.306 e. The minimum absolute atomic E-state index is 0.142. The Kier molecular flexibility index (Phi) is 6.72. The molecular weight excluding hydrogens is 484 g/mol. The van der Waals surface area contributed by atoms with Gasteiger partial charge in [0.05, 0.1) is 26.5 Å². The second-order valence-electron chi connectivity index (χ2n) is 6.54. The van der Waals surface area contributed by atoms with E-state index < -0.39 is 28.1 Å². The molecular formula is C20H14Cl5FO3. The van der Waals surface area contributed by atoms with E-state index in [1.54, 1.807) is 24.3 Å². The van der Waals surface area contributed by atoms with Crippen LogP contribution < -0.4 is 0 Å². The third-order valence-corrected chi connectivity index (χ3v) is 6.19. The molecule has 2 aromatic rings. The van der Waals surface area contributed by atoms with Gasteiger partial charge in [0.15, 0.2) is 5.78 Å². The van der Waals surface area contributed by atoms with Gasteiger partial charge in [0.25, 0.3) is 4.59 Å². The van der Waals surface area contributed by atoms with Crippen LogP contribution >= 0.6 is 58.0 Å². The van der Waals surface area contributed by atoms with Crippen molar-refractivity contribution in [1.82, 2.24) is 0 Å². The zero-order valence-corrected chi connectivity index (χ0v) is 18.7. The van der Waals surface area contributed by atoms with Gasteiger partial charge in [-0.1, -0.05) is 89.2 Å². The van der Waals surface area contributed by atoms with Crippen molar-refractivity contribution in [2.75, 3.05) is 0 Å². The fourth-order valence-corrected chi connectivity index (χ4v) is 4.98. The molecule has 2 atom stereocenters. The molecule has 3 rings (SSSR count). The lowest BCUT2D eigenvalue weighted by Crippen LogP contribution is -2.19. The van der Waals surface area contributed by atoms with Crippen LogP contribution in [0, 0.1) is 0 Å². The second kappa shape index (κ2) is 8.60. The maximum absolute atomic E-state index is 14.1.